The Morgan fingerprint density at radius 2 is 2.00 bits per heavy atom. The van der Waals surface area contributed by atoms with Crippen LogP contribution in [-0.2, 0) is 9.59 Å². The van der Waals surface area contributed by atoms with Gasteiger partial charge in [0.25, 0.3) is 0 Å². The molecule has 1 atom stereocenters. The topological polar surface area (TPSA) is 75.4 Å². The van der Waals surface area contributed by atoms with Crippen LogP contribution in [0.2, 0.25) is 0 Å². The van der Waals surface area contributed by atoms with Gasteiger partial charge in [0.2, 0.25) is 11.8 Å². The summed E-state index contributed by atoms with van der Waals surface area (Å²) in [6.45, 7) is 4.11. The first-order chi connectivity index (χ1) is 8.15. The van der Waals surface area contributed by atoms with Gasteiger partial charge in [0.05, 0.1) is 6.04 Å². The van der Waals surface area contributed by atoms with Crippen LogP contribution in [-0.4, -0.2) is 42.4 Å². The van der Waals surface area contributed by atoms with Crippen molar-refractivity contribution in [2.24, 2.45) is 5.73 Å². The van der Waals surface area contributed by atoms with Gasteiger partial charge in [0, 0.05) is 26.1 Å². The first kappa shape index (κ1) is 14.0. The molecule has 5 nitrogen and oxygen atoms in total. The largest absolute Gasteiger partial charge is 0.354 e. The minimum absolute atomic E-state index is 0.131. The molecule has 0 spiro atoms. The van der Waals surface area contributed by atoms with Gasteiger partial charge >= 0.3 is 0 Å². The van der Waals surface area contributed by atoms with Crippen molar-refractivity contribution in [1.29, 1.82) is 0 Å². The number of rotatable bonds is 6. The van der Waals surface area contributed by atoms with E-state index in [1.54, 1.807) is 0 Å². The van der Waals surface area contributed by atoms with Crippen molar-refractivity contribution < 1.29 is 9.59 Å². The Balaban J connectivity index is 2.14. The Bertz CT molecular complexity index is 262. The number of hydrogen-bond donors (Lipinski definition) is 2. The van der Waals surface area contributed by atoms with E-state index in [9.17, 15) is 9.59 Å². The van der Waals surface area contributed by atoms with Crippen molar-refractivity contribution in [1.82, 2.24) is 10.2 Å². The Labute approximate surface area is 103 Å². The molecule has 1 aliphatic heterocycles. The first-order valence-corrected chi connectivity index (χ1v) is 6.46. The van der Waals surface area contributed by atoms with Crippen molar-refractivity contribution in [2.45, 2.75) is 45.1 Å². The van der Waals surface area contributed by atoms with Crippen LogP contribution in [0.1, 0.15) is 39.0 Å². The molecule has 0 aliphatic carbocycles. The number of carbonyl (C=O) groups is 2. The second-order valence-electron chi connectivity index (χ2n) is 4.52. The number of amides is 2. The van der Waals surface area contributed by atoms with Gasteiger partial charge in [-0.05, 0) is 19.3 Å². The third-order valence-corrected chi connectivity index (χ3v) is 3.03. The Kier molecular flexibility index (Phi) is 5.97. The quantitative estimate of drug-likeness (QED) is 0.699. The van der Waals surface area contributed by atoms with E-state index in [0.717, 1.165) is 32.4 Å². The summed E-state index contributed by atoms with van der Waals surface area (Å²) in [5, 5.41) is 2.71. The van der Waals surface area contributed by atoms with Crippen molar-refractivity contribution in [3.63, 3.8) is 0 Å². The summed E-state index contributed by atoms with van der Waals surface area (Å²) in [5.41, 5.74) is 5.66. The SMILES string of the molecule is CCCC(N)C(=O)NCCC(=O)N1CCCC1. The van der Waals surface area contributed by atoms with E-state index in [2.05, 4.69) is 5.32 Å². The molecular formula is C12H23N3O2. The van der Waals surface area contributed by atoms with Gasteiger partial charge in [-0.1, -0.05) is 13.3 Å². The van der Waals surface area contributed by atoms with E-state index in [1.165, 1.54) is 0 Å². The monoisotopic (exact) mass is 241 g/mol. The summed E-state index contributed by atoms with van der Waals surface area (Å²) in [5.74, 6) is -0.0204. The highest BCUT2D eigenvalue weighted by molar-refractivity contribution is 5.82. The van der Waals surface area contributed by atoms with E-state index in [-0.39, 0.29) is 11.8 Å². The average molecular weight is 241 g/mol. The van der Waals surface area contributed by atoms with Gasteiger partial charge in [-0.2, -0.15) is 0 Å². The van der Waals surface area contributed by atoms with E-state index in [1.807, 2.05) is 11.8 Å². The molecule has 5 heteroatoms. The number of nitrogens with zero attached hydrogens (tertiary/aromatic N) is 1. The predicted octanol–water partition coefficient (Wildman–Crippen LogP) is 0.243. The molecule has 0 bridgehead atoms. The number of likely N-dealkylation sites (tertiary alicyclic amines) is 1. The van der Waals surface area contributed by atoms with Crippen LogP contribution in [0.5, 0.6) is 0 Å². The summed E-state index contributed by atoms with van der Waals surface area (Å²) in [7, 11) is 0. The summed E-state index contributed by atoms with van der Waals surface area (Å²) in [6, 6.07) is -0.443. The molecule has 1 unspecified atom stereocenters. The van der Waals surface area contributed by atoms with Crippen LogP contribution >= 0.6 is 0 Å². The molecule has 0 aromatic heterocycles. The Morgan fingerprint density at radius 1 is 1.35 bits per heavy atom. The van der Waals surface area contributed by atoms with Crippen LogP contribution in [0, 0.1) is 0 Å². The fraction of sp³-hybridized carbons (Fsp3) is 0.833. The molecule has 1 rings (SSSR count). The highest BCUT2D eigenvalue weighted by atomic mass is 16.2. The van der Waals surface area contributed by atoms with Gasteiger partial charge in [0.1, 0.15) is 0 Å². The highest BCUT2D eigenvalue weighted by Crippen LogP contribution is 2.08. The summed E-state index contributed by atoms with van der Waals surface area (Å²) < 4.78 is 0. The molecule has 1 fully saturated rings. The minimum atomic E-state index is -0.443. The van der Waals surface area contributed by atoms with Crippen LogP contribution in [0.25, 0.3) is 0 Å². The smallest absolute Gasteiger partial charge is 0.236 e. The average Bonchev–Trinajstić information content (AvgIpc) is 2.82. The maximum atomic E-state index is 11.7. The summed E-state index contributed by atoms with van der Waals surface area (Å²) in [6.07, 6.45) is 4.15. The summed E-state index contributed by atoms with van der Waals surface area (Å²) in [4.78, 5) is 25.0. The lowest BCUT2D eigenvalue weighted by molar-refractivity contribution is -0.130. The fourth-order valence-electron chi connectivity index (χ4n) is 1.99. The molecule has 2 amide bonds. The van der Waals surface area contributed by atoms with Crippen molar-refractivity contribution >= 4 is 11.8 Å². The molecular weight excluding hydrogens is 218 g/mol. The second kappa shape index (κ2) is 7.27. The first-order valence-electron chi connectivity index (χ1n) is 6.46. The second-order valence-corrected chi connectivity index (χ2v) is 4.52. The molecule has 3 N–H and O–H groups in total. The molecule has 1 saturated heterocycles. The number of carbonyl (C=O) groups excluding carboxylic acids is 2. The van der Waals surface area contributed by atoms with Crippen LogP contribution in [0.3, 0.4) is 0 Å². The maximum Gasteiger partial charge on any atom is 0.236 e. The van der Waals surface area contributed by atoms with E-state index < -0.39 is 6.04 Å². The minimum Gasteiger partial charge on any atom is -0.354 e. The van der Waals surface area contributed by atoms with Gasteiger partial charge in [-0.25, -0.2) is 0 Å². The molecule has 0 saturated carbocycles. The van der Waals surface area contributed by atoms with Gasteiger partial charge in [0.15, 0.2) is 0 Å². The maximum absolute atomic E-state index is 11.7. The van der Waals surface area contributed by atoms with Gasteiger partial charge < -0.3 is 16.0 Å². The summed E-state index contributed by atoms with van der Waals surface area (Å²) >= 11 is 0. The standard InChI is InChI=1S/C12H23N3O2/c1-2-5-10(13)12(17)14-7-6-11(16)15-8-3-4-9-15/h10H,2-9,13H2,1H3,(H,14,17). The lowest BCUT2D eigenvalue weighted by Crippen LogP contribution is -2.42. The zero-order valence-corrected chi connectivity index (χ0v) is 10.6. The molecule has 1 heterocycles. The zero-order valence-electron chi connectivity index (χ0n) is 10.6. The molecule has 0 aromatic carbocycles. The normalized spacial score (nSPS) is 16.9. The van der Waals surface area contributed by atoms with Crippen LogP contribution in [0.15, 0.2) is 0 Å². The number of nitrogens with two attached hydrogens (primary N) is 1. The molecule has 0 aromatic rings. The van der Waals surface area contributed by atoms with Crippen molar-refractivity contribution in [2.75, 3.05) is 19.6 Å². The van der Waals surface area contributed by atoms with Gasteiger partial charge in [-0.15, -0.1) is 0 Å². The van der Waals surface area contributed by atoms with Crippen molar-refractivity contribution in [3.8, 4) is 0 Å². The molecule has 1 aliphatic rings. The van der Waals surface area contributed by atoms with E-state index in [0.29, 0.717) is 19.4 Å². The van der Waals surface area contributed by atoms with Crippen molar-refractivity contribution in [3.05, 3.63) is 0 Å². The molecule has 98 valence electrons. The number of nitrogens with one attached hydrogen (secondary N) is 1. The zero-order chi connectivity index (χ0) is 12.7. The highest BCUT2D eigenvalue weighted by Gasteiger charge is 2.18. The van der Waals surface area contributed by atoms with E-state index in [4.69, 9.17) is 5.73 Å². The van der Waals surface area contributed by atoms with E-state index >= 15 is 0 Å². The predicted molar refractivity (Wildman–Crippen MR) is 66.3 cm³/mol. The molecule has 17 heavy (non-hydrogen) atoms. The van der Waals surface area contributed by atoms with Gasteiger partial charge in [-0.3, -0.25) is 9.59 Å². The molecule has 0 radical (unpaired) electrons. The van der Waals surface area contributed by atoms with Crippen LogP contribution in [0.4, 0.5) is 0 Å². The van der Waals surface area contributed by atoms with Crippen LogP contribution < -0.4 is 11.1 Å². The third kappa shape index (κ3) is 4.73. The third-order valence-electron chi connectivity index (χ3n) is 3.03. The Hall–Kier alpha value is -1.10. The lowest BCUT2D eigenvalue weighted by Gasteiger charge is -2.16. The number of hydrogen-bond acceptors (Lipinski definition) is 3. The Morgan fingerprint density at radius 3 is 2.59 bits per heavy atom. The fourth-order valence-corrected chi connectivity index (χ4v) is 1.99. The lowest BCUT2D eigenvalue weighted by atomic mass is 10.1.